The molecule has 0 atom stereocenters. The van der Waals surface area contributed by atoms with E-state index in [1.807, 2.05) is 28.7 Å². The van der Waals surface area contributed by atoms with Gasteiger partial charge in [0.05, 0.1) is 5.69 Å². The Bertz CT molecular complexity index is 606. The van der Waals surface area contributed by atoms with Crippen LogP contribution in [-0.2, 0) is 4.79 Å². The predicted molar refractivity (Wildman–Crippen MR) is 77.2 cm³/mol. The first-order valence-electron chi connectivity index (χ1n) is 6.76. The van der Waals surface area contributed by atoms with Crippen molar-refractivity contribution in [2.75, 3.05) is 18.5 Å². The van der Waals surface area contributed by atoms with Crippen molar-refractivity contribution in [1.82, 2.24) is 14.6 Å². The summed E-state index contributed by atoms with van der Waals surface area (Å²) >= 11 is 0. The molecule has 0 aromatic carbocycles. The second-order valence-corrected chi connectivity index (χ2v) is 5.22. The number of aromatic nitrogens is 3. The van der Waals surface area contributed by atoms with Gasteiger partial charge in [0.2, 0.25) is 0 Å². The second-order valence-electron chi connectivity index (χ2n) is 5.22. The van der Waals surface area contributed by atoms with Crippen molar-refractivity contribution < 1.29 is 9.90 Å². The molecule has 0 saturated carbocycles. The van der Waals surface area contributed by atoms with E-state index < -0.39 is 5.97 Å². The molecule has 0 bridgehead atoms. The number of carboxylic acids is 1. The molecule has 108 valence electrons. The van der Waals surface area contributed by atoms with Crippen LogP contribution in [0.1, 0.15) is 38.3 Å². The zero-order chi connectivity index (χ0) is 14.7. The third kappa shape index (κ3) is 3.07. The lowest BCUT2D eigenvalue weighted by atomic mass is 10.1. The molecule has 0 fully saturated rings. The van der Waals surface area contributed by atoms with E-state index in [1.165, 1.54) is 0 Å². The molecule has 0 aliphatic rings. The molecular formula is C14H20N4O2. The fraction of sp³-hybridized carbons (Fsp3) is 0.500. The summed E-state index contributed by atoms with van der Waals surface area (Å²) in [6.07, 6.45) is 4.31. The van der Waals surface area contributed by atoms with Crippen LogP contribution in [0.3, 0.4) is 0 Å². The van der Waals surface area contributed by atoms with Gasteiger partial charge in [-0.25, -0.2) is 9.50 Å². The minimum absolute atomic E-state index is 0.171. The van der Waals surface area contributed by atoms with E-state index >= 15 is 0 Å². The molecular weight excluding hydrogens is 256 g/mol. The second kappa shape index (κ2) is 5.90. The van der Waals surface area contributed by atoms with Gasteiger partial charge in [0.1, 0.15) is 5.52 Å². The van der Waals surface area contributed by atoms with E-state index in [0.717, 1.165) is 17.0 Å². The number of hydrogen-bond acceptors (Lipinski definition) is 4. The van der Waals surface area contributed by atoms with Gasteiger partial charge in [-0.3, -0.25) is 4.79 Å². The van der Waals surface area contributed by atoms with Crippen molar-refractivity contribution in [1.29, 1.82) is 0 Å². The van der Waals surface area contributed by atoms with Gasteiger partial charge in [-0.15, -0.1) is 0 Å². The lowest BCUT2D eigenvalue weighted by molar-refractivity contribution is -0.137. The molecule has 20 heavy (non-hydrogen) atoms. The lowest BCUT2D eigenvalue weighted by Crippen LogP contribution is -2.21. The van der Waals surface area contributed by atoms with Crippen molar-refractivity contribution in [2.24, 2.45) is 0 Å². The van der Waals surface area contributed by atoms with Crippen molar-refractivity contribution >= 4 is 17.3 Å². The maximum atomic E-state index is 10.6. The molecule has 0 aliphatic heterocycles. The Morgan fingerprint density at radius 2 is 2.25 bits per heavy atom. The third-order valence-corrected chi connectivity index (χ3v) is 3.23. The first-order chi connectivity index (χ1) is 9.49. The molecule has 6 nitrogen and oxygen atoms in total. The maximum absolute atomic E-state index is 10.6. The van der Waals surface area contributed by atoms with E-state index in [0.29, 0.717) is 18.9 Å². The van der Waals surface area contributed by atoms with E-state index in [4.69, 9.17) is 5.11 Å². The normalized spacial score (nSPS) is 11.2. The van der Waals surface area contributed by atoms with Crippen LogP contribution < -0.4 is 4.90 Å². The minimum Gasteiger partial charge on any atom is -0.481 e. The maximum Gasteiger partial charge on any atom is 0.303 e. The minimum atomic E-state index is -0.768. The first kappa shape index (κ1) is 14.3. The molecule has 2 heterocycles. The molecule has 2 aromatic heterocycles. The van der Waals surface area contributed by atoms with E-state index in [9.17, 15) is 4.79 Å². The van der Waals surface area contributed by atoms with E-state index in [-0.39, 0.29) is 6.42 Å². The van der Waals surface area contributed by atoms with Crippen molar-refractivity contribution in [3.8, 4) is 0 Å². The van der Waals surface area contributed by atoms with Gasteiger partial charge in [-0.05, 0) is 18.4 Å². The monoisotopic (exact) mass is 276 g/mol. The summed E-state index contributed by atoms with van der Waals surface area (Å²) in [7, 11) is 1.92. The topological polar surface area (TPSA) is 70.7 Å². The van der Waals surface area contributed by atoms with Gasteiger partial charge < -0.3 is 10.0 Å². The van der Waals surface area contributed by atoms with Crippen molar-refractivity contribution in [3.05, 3.63) is 24.2 Å². The van der Waals surface area contributed by atoms with E-state index in [1.54, 1.807) is 6.20 Å². The largest absolute Gasteiger partial charge is 0.481 e. The van der Waals surface area contributed by atoms with Gasteiger partial charge in [-0.1, -0.05) is 13.8 Å². The highest BCUT2D eigenvalue weighted by Crippen LogP contribution is 2.22. The number of carbonyl (C=O) groups is 1. The van der Waals surface area contributed by atoms with E-state index in [2.05, 4.69) is 23.9 Å². The smallest absolute Gasteiger partial charge is 0.303 e. The Hall–Kier alpha value is -2.11. The number of hydrogen-bond donors (Lipinski definition) is 1. The van der Waals surface area contributed by atoms with Gasteiger partial charge in [-0.2, -0.15) is 5.10 Å². The Balaban J connectivity index is 2.22. The molecule has 6 heteroatoms. The molecule has 2 aromatic rings. The average molecular weight is 276 g/mol. The molecule has 0 amide bonds. The summed E-state index contributed by atoms with van der Waals surface area (Å²) < 4.78 is 1.82. The van der Waals surface area contributed by atoms with Crippen LogP contribution in [0.5, 0.6) is 0 Å². The van der Waals surface area contributed by atoms with Crippen LogP contribution in [0.2, 0.25) is 0 Å². The number of aliphatic carboxylic acids is 1. The summed E-state index contributed by atoms with van der Waals surface area (Å²) in [4.78, 5) is 16.9. The quantitative estimate of drug-likeness (QED) is 0.875. The van der Waals surface area contributed by atoms with Crippen molar-refractivity contribution in [3.63, 3.8) is 0 Å². The SMILES string of the molecule is CC(C)c1cc2c(N(C)CCCC(=O)O)nccn2n1. The summed E-state index contributed by atoms with van der Waals surface area (Å²) in [6, 6.07) is 2.04. The molecule has 0 saturated heterocycles. The van der Waals surface area contributed by atoms with Crippen LogP contribution in [0.15, 0.2) is 18.5 Å². The number of anilines is 1. The number of fused-ring (bicyclic) bond motifs is 1. The third-order valence-electron chi connectivity index (χ3n) is 3.23. The Morgan fingerprint density at radius 3 is 2.90 bits per heavy atom. The highest BCUT2D eigenvalue weighted by Gasteiger charge is 2.12. The van der Waals surface area contributed by atoms with Crippen LogP contribution in [-0.4, -0.2) is 39.3 Å². The first-order valence-corrected chi connectivity index (χ1v) is 6.76. The number of nitrogens with zero attached hydrogens (tertiary/aromatic N) is 4. The highest BCUT2D eigenvalue weighted by molar-refractivity contribution is 5.69. The number of carboxylic acid groups (broad SMARTS) is 1. The molecule has 0 unspecified atom stereocenters. The van der Waals surface area contributed by atoms with Gasteiger partial charge in [0, 0.05) is 32.4 Å². The van der Waals surface area contributed by atoms with Crippen LogP contribution in [0, 0.1) is 0 Å². The molecule has 0 radical (unpaired) electrons. The Labute approximate surface area is 118 Å². The van der Waals surface area contributed by atoms with Crippen LogP contribution in [0.25, 0.3) is 5.52 Å². The number of rotatable bonds is 6. The van der Waals surface area contributed by atoms with Crippen molar-refractivity contribution in [2.45, 2.75) is 32.6 Å². The van der Waals surface area contributed by atoms with Gasteiger partial charge >= 0.3 is 5.97 Å². The molecule has 1 N–H and O–H groups in total. The Morgan fingerprint density at radius 1 is 1.50 bits per heavy atom. The zero-order valence-corrected chi connectivity index (χ0v) is 12.1. The van der Waals surface area contributed by atoms with Gasteiger partial charge in [0.25, 0.3) is 0 Å². The predicted octanol–water partition coefficient (Wildman–Crippen LogP) is 2.15. The molecule has 2 rings (SSSR count). The summed E-state index contributed by atoms with van der Waals surface area (Å²) in [5.41, 5.74) is 1.98. The zero-order valence-electron chi connectivity index (χ0n) is 12.1. The van der Waals surface area contributed by atoms with Crippen LogP contribution in [0.4, 0.5) is 5.82 Å². The fourth-order valence-corrected chi connectivity index (χ4v) is 2.08. The van der Waals surface area contributed by atoms with Crippen LogP contribution >= 0.6 is 0 Å². The summed E-state index contributed by atoms with van der Waals surface area (Å²) in [6.45, 7) is 4.86. The highest BCUT2D eigenvalue weighted by atomic mass is 16.4. The standard InChI is InChI=1S/C14H20N4O2/c1-10(2)11-9-12-14(15-6-8-18(12)16-11)17(3)7-4-5-13(19)20/h6,8-10H,4-5,7H2,1-3H3,(H,19,20). The lowest BCUT2D eigenvalue weighted by Gasteiger charge is -2.18. The summed E-state index contributed by atoms with van der Waals surface area (Å²) in [5.74, 6) is 0.424. The summed E-state index contributed by atoms with van der Waals surface area (Å²) in [5, 5.41) is 13.2. The Kier molecular flexibility index (Phi) is 4.22. The average Bonchev–Trinajstić information content (AvgIpc) is 2.81. The fourth-order valence-electron chi connectivity index (χ4n) is 2.08. The molecule has 0 aliphatic carbocycles. The van der Waals surface area contributed by atoms with Gasteiger partial charge in [0.15, 0.2) is 5.82 Å². The molecule has 0 spiro atoms.